The van der Waals surface area contributed by atoms with Gasteiger partial charge < -0.3 is 18.6 Å². The molecule has 6 nitrogen and oxygen atoms in total. The second kappa shape index (κ2) is 10.4. The summed E-state index contributed by atoms with van der Waals surface area (Å²) >= 11 is 3.48. The standard InChI is InChI=1S/C26H22BrNO5/c1-17-14-21(12-13-22(17)32-16-24(29)30-2)31-15-23-28-26(27)25(33-23)20-10-8-19(9-11-20)18-6-4-3-5-7-18/h3-14H,15-16H2,1-2H3. The van der Waals surface area contributed by atoms with Crippen molar-refractivity contribution in [2.75, 3.05) is 13.7 Å². The lowest BCUT2D eigenvalue weighted by Crippen LogP contribution is -2.13. The molecule has 0 aliphatic rings. The van der Waals surface area contributed by atoms with E-state index in [0.29, 0.717) is 27.8 Å². The number of nitrogens with zero attached hydrogens (tertiary/aromatic N) is 1. The summed E-state index contributed by atoms with van der Waals surface area (Å²) in [5.41, 5.74) is 4.05. The van der Waals surface area contributed by atoms with Gasteiger partial charge in [-0.3, -0.25) is 0 Å². The summed E-state index contributed by atoms with van der Waals surface area (Å²) in [6, 6.07) is 23.7. The van der Waals surface area contributed by atoms with Crippen LogP contribution in [0.1, 0.15) is 11.5 Å². The third-order valence-electron chi connectivity index (χ3n) is 4.97. The number of esters is 1. The van der Waals surface area contributed by atoms with Gasteiger partial charge in [-0.2, -0.15) is 0 Å². The minimum absolute atomic E-state index is 0.142. The van der Waals surface area contributed by atoms with Gasteiger partial charge in [0.15, 0.2) is 23.6 Å². The first-order valence-corrected chi connectivity index (χ1v) is 11.1. The lowest BCUT2D eigenvalue weighted by molar-refractivity contribution is -0.142. The van der Waals surface area contributed by atoms with E-state index in [1.54, 1.807) is 12.1 Å². The van der Waals surface area contributed by atoms with Crippen LogP contribution in [0.15, 0.2) is 81.8 Å². The Morgan fingerprint density at radius 1 is 0.939 bits per heavy atom. The maximum absolute atomic E-state index is 11.2. The van der Waals surface area contributed by atoms with Crippen LogP contribution >= 0.6 is 15.9 Å². The van der Waals surface area contributed by atoms with Crippen LogP contribution in [-0.4, -0.2) is 24.7 Å². The SMILES string of the molecule is COC(=O)COc1ccc(OCc2nc(Br)c(-c3ccc(-c4ccccc4)cc3)o2)cc1C. The summed E-state index contributed by atoms with van der Waals surface area (Å²) in [4.78, 5) is 15.7. The molecule has 0 aliphatic carbocycles. The molecule has 168 valence electrons. The second-order valence-corrected chi connectivity index (χ2v) is 8.00. The Kier molecular flexibility index (Phi) is 7.10. The molecular formula is C26H22BrNO5. The number of oxazole rings is 1. The number of hydrogen-bond donors (Lipinski definition) is 0. The highest BCUT2D eigenvalue weighted by Gasteiger charge is 2.14. The molecule has 4 rings (SSSR count). The molecule has 0 radical (unpaired) electrons. The number of aryl methyl sites for hydroxylation is 1. The van der Waals surface area contributed by atoms with E-state index in [0.717, 1.165) is 22.3 Å². The predicted octanol–water partition coefficient (Wildman–Crippen LogP) is 6.21. The summed E-state index contributed by atoms with van der Waals surface area (Å²) in [6.45, 7) is 1.90. The number of carbonyl (C=O) groups is 1. The molecule has 0 aliphatic heterocycles. The van der Waals surface area contributed by atoms with Gasteiger partial charge in [-0.25, -0.2) is 9.78 Å². The Labute approximate surface area is 200 Å². The van der Waals surface area contributed by atoms with Gasteiger partial charge in [-0.1, -0.05) is 54.6 Å². The number of carbonyl (C=O) groups excluding carboxylic acids is 1. The van der Waals surface area contributed by atoms with Crippen molar-refractivity contribution in [1.82, 2.24) is 4.98 Å². The first kappa shape index (κ1) is 22.6. The van der Waals surface area contributed by atoms with E-state index < -0.39 is 5.97 Å². The Balaban J connectivity index is 1.41. The minimum Gasteiger partial charge on any atom is -0.484 e. The molecule has 0 atom stereocenters. The van der Waals surface area contributed by atoms with E-state index >= 15 is 0 Å². The summed E-state index contributed by atoms with van der Waals surface area (Å²) in [5, 5.41) is 0. The molecule has 0 saturated carbocycles. The number of rotatable bonds is 8. The number of aromatic nitrogens is 1. The molecule has 3 aromatic carbocycles. The van der Waals surface area contributed by atoms with E-state index in [9.17, 15) is 4.79 Å². The van der Waals surface area contributed by atoms with Crippen LogP contribution in [0.5, 0.6) is 11.5 Å². The van der Waals surface area contributed by atoms with E-state index in [1.807, 2.05) is 43.3 Å². The van der Waals surface area contributed by atoms with Crippen molar-refractivity contribution in [2.45, 2.75) is 13.5 Å². The maximum atomic E-state index is 11.2. The number of hydrogen-bond acceptors (Lipinski definition) is 6. The van der Waals surface area contributed by atoms with Crippen molar-refractivity contribution < 1.29 is 23.4 Å². The Morgan fingerprint density at radius 2 is 1.64 bits per heavy atom. The fourth-order valence-electron chi connectivity index (χ4n) is 3.24. The maximum Gasteiger partial charge on any atom is 0.343 e. The lowest BCUT2D eigenvalue weighted by atomic mass is 10.0. The molecular weight excluding hydrogens is 486 g/mol. The molecule has 7 heteroatoms. The van der Waals surface area contributed by atoms with Gasteiger partial charge in [0.25, 0.3) is 0 Å². The number of benzene rings is 3. The van der Waals surface area contributed by atoms with Crippen LogP contribution < -0.4 is 9.47 Å². The van der Waals surface area contributed by atoms with Crippen LogP contribution in [0.4, 0.5) is 0 Å². The highest BCUT2D eigenvalue weighted by molar-refractivity contribution is 9.10. The highest BCUT2D eigenvalue weighted by Crippen LogP contribution is 2.31. The topological polar surface area (TPSA) is 70.8 Å². The number of halogens is 1. The molecule has 0 fully saturated rings. The van der Waals surface area contributed by atoms with Crippen molar-refractivity contribution >= 4 is 21.9 Å². The largest absolute Gasteiger partial charge is 0.484 e. The van der Waals surface area contributed by atoms with Gasteiger partial charge in [0.2, 0.25) is 5.89 Å². The molecule has 1 aromatic heterocycles. The average Bonchev–Trinajstić information content (AvgIpc) is 3.23. The van der Waals surface area contributed by atoms with Gasteiger partial charge in [0, 0.05) is 5.56 Å². The van der Waals surface area contributed by atoms with Crippen LogP contribution in [-0.2, 0) is 16.1 Å². The molecule has 1 heterocycles. The molecule has 0 saturated heterocycles. The molecule has 0 unspecified atom stereocenters. The summed E-state index contributed by atoms with van der Waals surface area (Å²) in [6.07, 6.45) is 0. The quantitative estimate of drug-likeness (QED) is 0.264. The van der Waals surface area contributed by atoms with Gasteiger partial charge in [0.05, 0.1) is 7.11 Å². The van der Waals surface area contributed by atoms with E-state index in [-0.39, 0.29) is 13.2 Å². The normalized spacial score (nSPS) is 10.6. The van der Waals surface area contributed by atoms with Crippen molar-refractivity contribution in [3.05, 3.63) is 88.9 Å². The third kappa shape index (κ3) is 5.62. The van der Waals surface area contributed by atoms with E-state index in [1.165, 1.54) is 7.11 Å². The Hall–Kier alpha value is -3.58. The van der Waals surface area contributed by atoms with Crippen LogP contribution in [0.2, 0.25) is 0 Å². The number of ether oxygens (including phenoxy) is 3. The minimum atomic E-state index is -0.435. The summed E-state index contributed by atoms with van der Waals surface area (Å²) in [5.74, 6) is 1.90. The van der Waals surface area contributed by atoms with Crippen molar-refractivity contribution in [2.24, 2.45) is 0 Å². The smallest absolute Gasteiger partial charge is 0.343 e. The molecule has 0 bridgehead atoms. The highest BCUT2D eigenvalue weighted by atomic mass is 79.9. The van der Waals surface area contributed by atoms with Gasteiger partial charge >= 0.3 is 5.97 Å². The van der Waals surface area contributed by atoms with Crippen molar-refractivity contribution in [3.63, 3.8) is 0 Å². The first-order valence-electron chi connectivity index (χ1n) is 10.3. The first-order chi connectivity index (χ1) is 16.0. The van der Waals surface area contributed by atoms with Crippen LogP contribution in [0.3, 0.4) is 0 Å². The predicted molar refractivity (Wildman–Crippen MR) is 128 cm³/mol. The molecule has 0 amide bonds. The molecule has 0 N–H and O–H groups in total. The van der Waals surface area contributed by atoms with Gasteiger partial charge in [-0.05, 0) is 57.7 Å². The third-order valence-corrected chi connectivity index (χ3v) is 5.50. The van der Waals surface area contributed by atoms with E-state index in [4.69, 9.17) is 13.9 Å². The summed E-state index contributed by atoms with van der Waals surface area (Å²) in [7, 11) is 1.32. The fraction of sp³-hybridized carbons (Fsp3) is 0.154. The van der Waals surface area contributed by atoms with Gasteiger partial charge in [0.1, 0.15) is 11.5 Å². The van der Waals surface area contributed by atoms with Gasteiger partial charge in [-0.15, -0.1) is 0 Å². The Morgan fingerprint density at radius 3 is 2.33 bits per heavy atom. The zero-order valence-corrected chi connectivity index (χ0v) is 19.8. The zero-order valence-electron chi connectivity index (χ0n) is 18.2. The van der Waals surface area contributed by atoms with Crippen LogP contribution in [0, 0.1) is 6.92 Å². The molecule has 4 aromatic rings. The summed E-state index contributed by atoms with van der Waals surface area (Å²) < 4.78 is 22.4. The van der Waals surface area contributed by atoms with Crippen LogP contribution in [0.25, 0.3) is 22.5 Å². The molecule has 33 heavy (non-hydrogen) atoms. The Bertz CT molecular complexity index is 1240. The average molecular weight is 508 g/mol. The monoisotopic (exact) mass is 507 g/mol. The van der Waals surface area contributed by atoms with Crippen molar-refractivity contribution in [3.8, 4) is 33.9 Å². The fourth-order valence-corrected chi connectivity index (χ4v) is 3.75. The lowest BCUT2D eigenvalue weighted by Gasteiger charge is -2.10. The zero-order chi connectivity index (χ0) is 23.2. The van der Waals surface area contributed by atoms with Crippen molar-refractivity contribution in [1.29, 1.82) is 0 Å². The number of methoxy groups -OCH3 is 1. The van der Waals surface area contributed by atoms with E-state index in [2.05, 4.69) is 49.9 Å². The second-order valence-electron chi connectivity index (χ2n) is 7.25. The molecule has 0 spiro atoms.